The third-order valence-electron chi connectivity index (χ3n) is 2.94. The smallest absolute Gasteiger partial charge is 0.319 e. The van der Waals surface area contributed by atoms with Crippen molar-refractivity contribution in [1.82, 2.24) is 14.7 Å². The van der Waals surface area contributed by atoms with Gasteiger partial charge in [0.1, 0.15) is 0 Å². The third-order valence-corrected chi connectivity index (χ3v) is 2.94. The zero-order valence-electron chi connectivity index (χ0n) is 12.5. The van der Waals surface area contributed by atoms with E-state index in [9.17, 15) is 14.4 Å². The minimum atomic E-state index is -0.382. The summed E-state index contributed by atoms with van der Waals surface area (Å²) in [7, 11) is 3.93. The van der Waals surface area contributed by atoms with E-state index in [1.54, 1.807) is 14.7 Å². The Morgan fingerprint density at radius 1 is 0.667 bits per heavy atom. The van der Waals surface area contributed by atoms with Crippen LogP contribution in [0.15, 0.2) is 0 Å². The molecule has 0 N–H and O–H groups in total. The van der Waals surface area contributed by atoms with Crippen LogP contribution in [0, 0.1) is 0 Å². The summed E-state index contributed by atoms with van der Waals surface area (Å²) < 4.78 is 13.9. The number of carbonyl (C=O) groups excluding carboxylic acids is 3. The fraction of sp³-hybridized carbons (Fsp3) is 0.750. The van der Waals surface area contributed by atoms with E-state index in [4.69, 9.17) is 0 Å². The first kappa shape index (κ1) is 17.3. The highest BCUT2D eigenvalue weighted by Crippen LogP contribution is 2.08. The van der Waals surface area contributed by atoms with Crippen LogP contribution in [0.2, 0.25) is 0 Å². The molecule has 120 valence electrons. The Labute approximate surface area is 123 Å². The summed E-state index contributed by atoms with van der Waals surface area (Å²) in [6.07, 6.45) is 0. The molecule has 1 aliphatic heterocycles. The number of ether oxygens (including phenoxy) is 3. The first-order valence-electron chi connectivity index (χ1n) is 6.36. The average Bonchev–Trinajstić information content (AvgIpc) is 2.46. The fourth-order valence-corrected chi connectivity index (χ4v) is 2.02. The van der Waals surface area contributed by atoms with Gasteiger partial charge in [-0.05, 0) is 0 Å². The van der Waals surface area contributed by atoms with Crippen molar-refractivity contribution in [3.63, 3.8) is 0 Å². The summed E-state index contributed by atoms with van der Waals surface area (Å²) in [5.41, 5.74) is 0. The van der Waals surface area contributed by atoms with E-state index in [0.29, 0.717) is 20.0 Å². The Balaban J connectivity index is 2.65. The number of rotatable bonds is 6. The Morgan fingerprint density at radius 3 is 1.10 bits per heavy atom. The molecule has 0 unspecified atom stereocenters. The van der Waals surface area contributed by atoms with Gasteiger partial charge >= 0.3 is 17.9 Å². The SMILES string of the molecule is COC(=O)CN1CN(CC(=O)OC)CN(CC(=O)OC)C1. The van der Waals surface area contributed by atoms with Crippen LogP contribution >= 0.6 is 0 Å². The van der Waals surface area contributed by atoms with E-state index >= 15 is 0 Å². The quantitative estimate of drug-likeness (QED) is 0.420. The lowest BCUT2D eigenvalue weighted by Gasteiger charge is -2.40. The molecule has 0 spiro atoms. The lowest BCUT2D eigenvalue weighted by Crippen LogP contribution is -2.57. The van der Waals surface area contributed by atoms with Gasteiger partial charge in [-0.1, -0.05) is 0 Å². The van der Waals surface area contributed by atoms with E-state index in [2.05, 4.69) is 14.2 Å². The number of nitrogens with zero attached hydrogens (tertiary/aromatic N) is 3. The summed E-state index contributed by atoms with van der Waals surface area (Å²) in [6.45, 7) is 1.44. The van der Waals surface area contributed by atoms with Crippen LogP contribution < -0.4 is 0 Å². The molecular weight excluding hydrogens is 282 g/mol. The number of hydrogen-bond acceptors (Lipinski definition) is 9. The molecule has 1 fully saturated rings. The Kier molecular flexibility index (Phi) is 7.06. The summed E-state index contributed by atoms with van der Waals surface area (Å²) in [5.74, 6) is -1.14. The summed E-state index contributed by atoms with van der Waals surface area (Å²) in [4.78, 5) is 39.4. The van der Waals surface area contributed by atoms with E-state index in [0.717, 1.165) is 0 Å². The maximum atomic E-state index is 11.4. The predicted octanol–water partition coefficient (Wildman–Crippen LogP) is -1.70. The number of carbonyl (C=O) groups is 3. The zero-order chi connectivity index (χ0) is 15.8. The van der Waals surface area contributed by atoms with Gasteiger partial charge in [0.15, 0.2) is 0 Å². The molecule has 0 atom stereocenters. The molecule has 0 saturated carbocycles. The van der Waals surface area contributed by atoms with Crippen molar-refractivity contribution in [3.8, 4) is 0 Å². The molecule has 1 rings (SSSR count). The average molecular weight is 303 g/mol. The van der Waals surface area contributed by atoms with Gasteiger partial charge in [0, 0.05) is 0 Å². The van der Waals surface area contributed by atoms with Crippen LogP contribution in [0.4, 0.5) is 0 Å². The van der Waals surface area contributed by atoms with Crippen LogP contribution in [-0.2, 0) is 28.6 Å². The number of hydrogen-bond donors (Lipinski definition) is 0. The van der Waals surface area contributed by atoms with E-state index in [1.807, 2.05) is 0 Å². The van der Waals surface area contributed by atoms with Gasteiger partial charge in [-0.3, -0.25) is 29.1 Å². The van der Waals surface area contributed by atoms with Crippen LogP contribution in [0.3, 0.4) is 0 Å². The van der Waals surface area contributed by atoms with Crippen LogP contribution in [0.25, 0.3) is 0 Å². The van der Waals surface area contributed by atoms with Crippen molar-refractivity contribution in [3.05, 3.63) is 0 Å². The normalized spacial score (nSPS) is 17.3. The topological polar surface area (TPSA) is 88.6 Å². The minimum Gasteiger partial charge on any atom is -0.468 e. The van der Waals surface area contributed by atoms with Gasteiger partial charge in [-0.15, -0.1) is 0 Å². The summed E-state index contributed by atoms with van der Waals surface area (Å²) >= 11 is 0. The number of esters is 3. The molecular formula is C12H21N3O6. The van der Waals surface area contributed by atoms with Crippen molar-refractivity contribution >= 4 is 17.9 Å². The molecule has 0 radical (unpaired) electrons. The van der Waals surface area contributed by atoms with Crippen LogP contribution in [0.1, 0.15) is 0 Å². The second-order valence-corrected chi connectivity index (χ2v) is 4.64. The molecule has 0 aromatic heterocycles. The molecule has 0 bridgehead atoms. The molecule has 0 aliphatic carbocycles. The Morgan fingerprint density at radius 2 is 0.905 bits per heavy atom. The fourth-order valence-electron chi connectivity index (χ4n) is 2.02. The van der Waals surface area contributed by atoms with Gasteiger partial charge in [0.05, 0.1) is 61.0 Å². The molecule has 1 aliphatic rings. The molecule has 9 heteroatoms. The van der Waals surface area contributed by atoms with Crippen molar-refractivity contribution in [2.24, 2.45) is 0 Å². The zero-order valence-corrected chi connectivity index (χ0v) is 12.5. The highest BCUT2D eigenvalue weighted by molar-refractivity contribution is 5.72. The maximum absolute atomic E-state index is 11.4. The molecule has 1 heterocycles. The van der Waals surface area contributed by atoms with Gasteiger partial charge in [-0.25, -0.2) is 0 Å². The Hall–Kier alpha value is -1.71. The molecule has 0 amide bonds. The Bertz CT molecular complexity index is 326. The first-order chi connectivity index (χ1) is 9.98. The summed E-state index contributed by atoms with van der Waals surface area (Å²) in [5, 5.41) is 0. The van der Waals surface area contributed by atoms with Gasteiger partial charge in [0.2, 0.25) is 0 Å². The van der Waals surface area contributed by atoms with Gasteiger partial charge < -0.3 is 14.2 Å². The molecule has 21 heavy (non-hydrogen) atoms. The van der Waals surface area contributed by atoms with Crippen molar-refractivity contribution in [2.75, 3.05) is 61.0 Å². The van der Waals surface area contributed by atoms with Crippen LogP contribution in [0.5, 0.6) is 0 Å². The highest BCUT2D eigenvalue weighted by atomic mass is 16.5. The van der Waals surface area contributed by atoms with E-state index in [-0.39, 0.29) is 37.5 Å². The lowest BCUT2D eigenvalue weighted by molar-refractivity contribution is -0.151. The van der Waals surface area contributed by atoms with Gasteiger partial charge in [0.25, 0.3) is 0 Å². The maximum Gasteiger partial charge on any atom is 0.319 e. The number of methoxy groups -OCH3 is 3. The molecule has 0 aromatic rings. The van der Waals surface area contributed by atoms with Crippen molar-refractivity contribution < 1.29 is 28.6 Å². The second-order valence-electron chi connectivity index (χ2n) is 4.64. The molecule has 0 aromatic carbocycles. The standard InChI is InChI=1S/C12H21N3O6/c1-19-10(16)4-13-7-14(5-11(17)20-2)9-15(8-13)6-12(18)21-3/h4-9H2,1-3H3. The van der Waals surface area contributed by atoms with Crippen molar-refractivity contribution in [1.29, 1.82) is 0 Å². The largest absolute Gasteiger partial charge is 0.468 e. The van der Waals surface area contributed by atoms with Crippen LogP contribution in [-0.4, -0.2) is 93.6 Å². The minimum absolute atomic E-state index is 0.0752. The third kappa shape index (κ3) is 6.06. The summed E-state index contributed by atoms with van der Waals surface area (Å²) in [6, 6.07) is 0. The second kappa shape index (κ2) is 8.55. The van der Waals surface area contributed by atoms with E-state index < -0.39 is 0 Å². The predicted molar refractivity (Wildman–Crippen MR) is 70.8 cm³/mol. The molecule has 9 nitrogen and oxygen atoms in total. The van der Waals surface area contributed by atoms with Gasteiger partial charge in [-0.2, -0.15) is 0 Å². The monoisotopic (exact) mass is 303 g/mol. The van der Waals surface area contributed by atoms with Crippen molar-refractivity contribution in [2.45, 2.75) is 0 Å². The molecule has 1 saturated heterocycles. The highest BCUT2D eigenvalue weighted by Gasteiger charge is 2.27. The lowest BCUT2D eigenvalue weighted by atomic mass is 10.4. The first-order valence-corrected chi connectivity index (χ1v) is 6.36. The van der Waals surface area contributed by atoms with E-state index in [1.165, 1.54) is 21.3 Å².